The molecule has 0 heterocycles. The van der Waals surface area contributed by atoms with Crippen LogP contribution in [0.15, 0.2) is 0 Å². The van der Waals surface area contributed by atoms with Gasteiger partial charge in [0.1, 0.15) is 0 Å². The van der Waals surface area contributed by atoms with Gasteiger partial charge in [0, 0.05) is 10.5 Å². The maximum absolute atomic E-state index is 10.9. The summed E-state index contributed by atoms with van der Waals surface area (Å²) in [7, 11) is -8.15. The normalized spacial score (nSPS) is 13.5. The Balaban J connectivity index is -0.000000529. The van der Waals surface area contributed by atoms with E-state index in [0.717, 1.165) is 51.4 Å². The molecule has 0 saturated carbocycles. The third-order valence-electron chi connectivity index (χ3n) is 5.80. The third kappa shape index (κ3) is 26.3. The smallest absolute Gasteiger partial charge is 0.748 e. The van der Waals surface area contributed by atoms with Crippen molar-refractivity contribution in [1.82, 2.24) is 0 Å². The van der Waals surface area contributed by atoms with E-state index < -0.39 is 30.7 Å². The minimum atomic E-state index is -4.07. The van der Waals surface area contributed by atoms with Gasteiger partial charge in [-0.1, -0.05) is 118 Å². The van der Waals surface area contributed by atoms with Gasteiger partial charge >= 0.3 is 48.9 Å². The van der Waals surface area contributed by atoms with Crippen molar-refractivity contribution in [3.63, 3.8) is 0 Å². The molecule has 196 valence electrons. The molecule has 0 N–H and O–H groups in total. The summed E-state index contributed by atoms with van der Waals surface area (Å²) in [4.78, 5) is 0. The van der Waals surface area contributed by atoms with Crippen molar-refractivity contribution in [3.8, 4) is 0 Å². The Morgan fingerprint density at radius 3 is 0.970 bits per heavy atom. The van der Waals surface area contributed by atoms with E-state index in [1.165, 1.54) is 38.5 Å². The van der Waals surface area contributed by atoms with E-state index in [2.05, 4.69) is 13.8 Å². The molecule has 0 aliphatic carbocycles. The minimum Gasteiger partial charge on any atom is -0.748 e. The SMILES string of the molecule is CCCCCCCCC(CCC)S(=O)(=O)[O-].CCCCCCCCC(CCC)S(=O)(=O)[O-].[Ba+2]. The molecule has 0 spiro atoms. The zero-order valence-corrected chi connectivity index (χ0v) is 27.9. The van der Waals surface area contributed by atoms with Crippen molar-refractivity contribution in [3.05, 3.63) is 0 Å². The van der Waals surface area contributed by atoms with E-state index in [9.17, 15) is 25.9 Å². The van der Waals surface area contributed by atoms with E-state index in [4.69, 9.17) is 0 Å². The van der Waals surface area contributed by atoms with Gasteiger partial charge in [-0.2, -0.15) is 0 Å². The molecule has 0 aromatic carbocycles. The van der Waals surface area contributed by atoms with Crippen molar-refractivity contribution < 1.29 is 25.9 Å². The predicted octanol–water partition coefficient (Wildman–Crippen LogP) is 6.52. The second kappa shape index (κ2) is 25.1. The Hall–Kier alpha value is 1.39. The number of hydrogen-bond acceptors (Lipinski definition) is 6. The van der Waals surface area contributed by atoms with Crippen molar-refractivity contribution >= 4 is 69.1 Å². The van der Waals surface area contributed by atoms with Crippen LogP contribution in [0, 0.1) is 0 Å². The van der Waals surface area contributed by atoms with Gasteiger partial charge < -0.3 is 9.11 Å². The first-order valence-corrected chi connectivity index (χ1v) is 15.9. The van der Waals surface area contributed by atoms with Crippen LogP contribution in [0.1, 0.15) is 143 Å². The summed E-state index contributed by atoms with van der Waals surface area (Å²) in [6.07, 6.45) is 17.2. The molecule has 2 atom stereocenters. The number of hydrogen-bond donors (Lipinski definition) is 0. The molecular formula is C24H50BaO6S2. The van der Waals surface area contributed by atoms with Crippen molar-refractivity contribution in [2.75, 3.05) is 0 Å². The first-order chi connectivity index (χ1) is 15.0. The molecule has 0 amide bonds. The monoisotopic (exact) mass is 636 g/mol. The van der Waals surface area contributed by atoms with Crippen molar-refractivity contribution in [2.24, 2.45) is 0 Å². The summed E-state index contributed by atoms with van der Waals surface area (Å²) in [5.74, 6) is 0. The molecule has 0 aromatic heterocycles. The Kier molecular flexibility index (Phi) is 29.5. The summed E-state index contributed by atoms with van der Waals surface area (Å²) >= 11 is 0. The van der Waals surface area contributed by atoms with Crippen LogP contribution in [0.3, 0.4) is 0 Å². The summed E-state index contributed by atoms with van der Waals surface area (Å²) in [6.45, 7) is 8.17. The number of rotatable bonds is 20. The second-order valence-corrected chi connectivity index (χ2v) is 12.2. The molecule has 0 aliphatic heterocycles. The standard InChI is InChI=1S/2C12H26O3S.Ba/c2*1-3-5-6-7-8-9-11-12(10-4-2)16(13,14)15;/h2*12H,3-11H2,1-2H3,(H,13,14,15);/q;;+2/p-2. The fraction of sp³-hybridized carbons (Fsp3) is 1.00. The van der Waals surface area contributed by atoms with Crippen LogP contribution in [0.4, 0.5) is 0 Å². The maximum atomic E-state index is 10.9. The zero-order chi connectivity index (χ0) is 24.9. The predicted molar refractivity (Wildman–Crippen MR) is 139 cm³/mol. The Labute approximate surface area is 246 Å². The van der Waals surface area contributed by atoms with Crippen LogP contribution in [0.2, 0.25) is 0 Å². The molecule has 0 bridgehead atoms. The van der Waals surface area contributed by atoms with Gasteiger partial charge in [-0.05, 0) is 25.7 Å². The molecule has 0 rings (SSSR count). The molecule has 9 heteroatoms. The minimum absolute atomic E-state index is 0. The second-order valence-electron chi connectivity index (χ2n) is 8.92. The molecule has 33 heavy (non-hydrogen) atoms. The van der Waals surface area contributed by atoms with Crippen LogP contribution in [0.5, 0.6) is 0 Å². The summed E-state index contributed by atoms with van der Waals surface area (Å²) < 4.78 is 65.6. The topological polar surface area (TPSA) is 114 Å². The van der Waals surface area contributed by atoms with E-state index in [-0.39, 0.29) is 48.9 Å². The van der Waals surface area contributed by atoms with Gasteiger partial charge in [-0.25, -0.2) is 16.8 Å². The summed E-state index contributed by atoms with van der Waals surface area (Å²) in [5.41, 5.74) is 0. The molecule has 6 nitrogen and oxygen atoms in total. The quantitative estimate of drug-likeness (QED) is 0.0855. The first kappa shape index (κ1) is 38.9. The maximum Gasteiger partial charge on any atom is 2.00 e. The molecular weight excluding hydrogens is 586 g/mol. The number of unbranched alkanes of at least 4 members (excludes halogenated alkanes) is 10. The fourth-order valence-electron chi connectivity index (χ4n) is 3.81. The molecule has 0 aromatic rings. The molecule has 2 unspecified atom stereocenters. The van der Waals surface area contributed by atoms with Gasteiger partial charge in [0.05, 0.1) is 20.2 Å². The van der Waals surface area contributed by atoms with Crippen LogP contribution in [0.25, 0.3) is 0 Å². The van der Waals surface area contributed by atoms with E-state index in [1.54, 1.807) is 0 Å². The molecule has 0 aliphatic rings. The van der Waals surface area contributed by atoms with Crippen LogP contribution in [-0.4, -0.2) is 85.3 Å². The summed E-state index contributed by atoms with van der Waals surface area (Å²) in [6, 6.07) is 0. The Bertz CT molecular complexity index is 554. The first-order valence-electron chi connectivity index (χ1n) is 12.9. The van der Waals surface area contributed by atoms with Gasteiger partial charge in [-0.3, -0.25) is 0 Å². The summed E-state index contributed by atoms with van der Waals surface area (Å²) in [5, 5.41) is -1.30. The van der Waals surface area contributed by atoms with Crippen LogP contribution < -0.4 is 0 Å². The Morgan fingerprint density at radius 2 is 0.727 bits per heavy atom. The van der Waals surface area contributed by atoms with E-state index in [0.29, 0.717) is 25.7 Å². The van der Waals surface area contributed by atoms with Crippen molar-refractivity contribution in [2.45, 2.75) is 154 Å². The van der Waals surface area contributed by atoms with Gasteiger partial charge in [0.2, 0.25) is 0 Å². The zero-order valence-electron chi connectivity index (χ0n) is 21.9. The Morgan fingerprint density at radius 1 is 0.455 bits per heavy atom. The van der Waals surface area contributed by atoms with Gasteiger partial charge in [0.15, 0.2) is 0 Å². The molecule has 0 radical (unpaired) electrons. The average Bonchev–Trinajstić information content (AvgIpc) is 2.70. The largest absolute Gasteiger partial charge is 2.00 e. The van der Waals surface area contributed by atoms with Crippen LogP contribution >= 0.6 is 0 Å². The van der Waals surface area contributed by atoms with Crippen LogP contribution in [-0.2, 0) is 20.2 Å². The van der Waals surface area contributed by atoms with Gasteiger partial charge in [-0.15, -0.1) is 0 Å². The van der Waals surface area contributed by atoms with Gasteiger partial charge in [0.25, 0.3) is 0 Å². The average molecular weight is 636 g/mol. The fourth-order valence-corrected chi connectivity index (χ4v) is 5.77. The molecule has 0 saturated heterocycles. The third-order valence-corrected chi connectivity index (χ3v) is 8.37. The van der Waals surface area contributed by atoms with Crippen molar-refractivity contribution in [1.29, 1.82) is 0 Å². The van der Waals surface area contributed by atoms with E-state index >= 15 is 0 Å². The molecule has 0 fully saturated rings. The van der Waals surface area contributed by atoms with E-state index in [1.807, 2.05) is 13.8 Å².